The first kappa shape index (κ1) is 10.4. The summed E-state index contributed by atoms with van der Waals surface area (Å²) in [6, 6.07) is 0. The van der Waals surface area contributed by atoms with E-state index in [2.05, 4.69) is 0 Å². The third-order valence-electron chi connectivity index (χ3n) is 1.48. The van der Waals surface area contributed by atoms with Crippen molar-refractivity contribution < 1.29 is 10.2 Å². The highest BCUT2D eigenvalue weighted by Gasteiger charge is 2.04. The summed E-state index contributed by atoms with van der Waals surface area (Å²) < 4.78 is 0. The highest BCUT2D eigenvalue weighted by Crippen LogP contribution is 2.07. The van der Waals surface area contributed by atoms with E-state index in [4.69, 9.17) is 5.11 Å². The van der Waals surface area contributed by atoms with E-state index in [-0.39, 0.29) is 6.61 Å². The zero-order valence-electron chi connectivity index (χ0n) is 7.12. The molecule has 0 aromatic rings. The van der Waals surface area contributed by atoms with Gasteiger partial charge in [0.15, 0.2) is 0 Å². The molecule has 0 amide bonds. The smallest absolute Gasteiger partial charge is 0.0808 e. The molecule has 0 aromatic carbocycles. The number of hydrogen-bond donors (Lipinski definition) is 2. The molecule has 0 heterocycles. The summed E-state index contributed by atoms with van der Waals surface area (Å²) in [5.41, 5.74) is 0.863. The lowest BCUT2D eigenvalue weighted by Crippen LogP contribution is -2.10. The summed E-state index contributed by atoms with van der Waals surface area (Å²) in [6.07, 6.45) is 5.45. The van der Waals surface area contributed by atoms with Gasteiger partial charge >= 0.3 is 0 Å². The minimum absolute atomic E-state index is 0.0239. The molecule has 0 unspecified atom stereocenters. The fraction of sp³-hybridized carbons (Fsp3) is 0.556. The van der Waals surface area contributed by atoms with Crippen molar-refractivity contribution in [2.24, 2.45) is 0 Å². The maximum absolute atomic E-state index is 9.36. The maximum Gasteiger partial charge on any atom is 0.0808 e. The predicted molar refractivity (Wildman–Crippen MR) is 46.3 cm³/mol. The minimum Gasteiger partial charge on any atom is -0.396 e. The second-order valence-corrected chi connectivity index (χ2v) is 2.32. The molecule has 0 aromatic heterocycles. The zero-order chi connectivity index (χ0) is 8.69. The van der Waals surface area contributed by atoms with Crippen LogP contribution in [-0.2, 0) is 0 Å². The van der Waals surface area contributed by atoms with Gasteiger partial charge in [0, 0.05) is 13.0 Å². The second-order valence-electron chi connectivity index (χ2n) is 2.32. The van der Waals surface area contributed by atoms with Gasteiger partial charge in [-0.05, 0) is 19.4 Å². The highest BCUT2D eigenvalue weighted by molar-refractivity contribution is 5.21. The van der Waals surface area contributed by atoms with Crippen LogP contribution in [0.5, 0.6) is 0 Å². The van der Waals surface area contributed by atoms with Crippen LogP contribution in [0.4, 0.5) is 0 Å². The average Bonchev–Trinajstić information content (AvgIpc) is 2.00. The van der Waals surface area contributed by atoms with Gasteiger partial charge in [-0.25, -0.2) is 0 Å². The van der Waals surface area contributed by atoms with Gasteiger partial charge in [0.2, 0.25) is 0 Å². The molecule has 0 rings (SSSR count). The summed E-state index contributed by atoms with van der Waals surface area (Å²) in [4.78, 5) is 0. The van der Waals surface area contributed by atoms with Crippen molar-refractivity contribution >= 4 is 0 Å². The lowest BCUT2D eigenvalue weighted by molar-refractivity contribution is 0.163. The minimum atomic E-state index is -0.527. The molecule has 0 saturated carbocycles. The van der Waals surface area contributed by atoms with E-state index in [9.17, 15) is 5.11 Å². The molecular formula is C9H16O2. The Labute approximate surface area is 67.9 Å². The van der Waals surface area contributed by atoms with Crippen molar-refractivity contribution in [3.8, 4) is 0 Å². The second kappa shape index (κ2) is 6.13. The first-order valence-electron chi connectivity index (χ1n) is 3.84. The molecule has 2 heteroatoms. The summed E-state index contributed by atoms with van der Waals surface area (Å²) in [6.45, 7) is 3.79. The number of hydrogen-bond acceptors (Lipinski definition) is 2. The van der Waals surface area contributed by atoms with Gasteiger partial charge in [0.05, 0.1) is 6.10 Å². The molecule has 0 aliphatic carbocycles. The Kier molecular flexibility index (Phi) is 5.80. The third kappa shape index (κ3) is 3.96. The fourth-order valence-electron chi connectivity index (χ4n) is 0.881. The van der Waals surface area contributed by atoms with Crippen molar-refractivity contribution in [1.29, 1.82) is 0 Å². The van der Waals surface area contributed by atoms with E-state index in [0.29, 0.717) is 6.42 Å². The monoisotopic (exact) mass is 156 g/mol. The van der Waals surface area contributed by atoms with E-state index >= 15 is 0 Å². The van der Waals surface area contributed by atoms with Crippen molar-refractivity contribution in [1.82, 2.24) is 0 Å². The molecule has 1 atom stereocenters. The molecule has 0 spiro atoms. The van der Waals surface area contributed by atoms with Gasteiger partial charge in [0.1, 0.15) is 0 Å². The van der Waals surface area contributed by atoms with Crippen LogP contribution < -0.4 is 0 Å². The molecule has 0 bridgehead atoms. The number of allylic oxidation sites excluding steroid dienone is 2. The van der Waals surface area contributed by atoms with Gasteiger partial charge in [-0.15, -0.1) is 0 Å². The molecule has 0 aliphatic heterocycles. The van der Waals surface area contributed by atoms with Gasteiger partial charge < -0.3 is 10.2 Å². The largest absolute Gasteiger partial charge is 0.396 e. The Morgan fingerprint density at radius 1 is 1.45 bits per heavy atom. The quantitative estimate of drug-likeness (QED) is 0.601. The molecule has 2 N–H and O–H groups in total. The van der Waals surface area contributed by atoms with E-state index in [1.165, 1.54) is 0 Å². The van der Waals surface area contributed by atoms with Gasteiger partial charge in [0.25, 0.3) is 0 Å². The van der Waals surface area contributed by atoms with E-state index < -0.39 is 6.10 Å². The summed E-state index contributed by atoms with van der Waals surface area (Å²) in [5.74, 6) is 0. The van der Waals surface area contributed by atoms with Crippen molar-refractivity contribution in [3.05, 3.63) is 23.8 Å². The van der Waals surface area contributed by atoms with Crippen molar-refractivity contribution in [2.75, 3.05) is 6.61 Å². The highest BCUT2D eigenvalue weighted by atomic mass is 16.3. The normalized spacial score (nSPS) is 15.8. The molecule has 11 heavy (non-hydrogen) atoms. The van der Waals surface area contributed by atoms with Crippen LogP contribution in [-0.4, -0.2) is 22.9 Å². The number of aliphatic hydroxyl groups excluding tert-OH is 2. The molecular weight excluding hydrogens is 140 g/mol. The SMILES string of the molecule is C/C=C\C(=C/C)[C@@H](O)CCO. The van der Waals surface area contributed by atoms with Crippen LogP contribution in [0.15, 0.2) is 23.8 Å². The summed E-state index contributed by atoms with van der Waals surface area (Å²) in [7, 11) is 0. The number of rotatable bonds is 4. The van der Waals surface area contributed by atoms with Crippen LogP contribution in [0, 0.1) is 0 Å². The fourth-order valence-corrected chi connectivity index (χ4v) is 0.881. The first-order chi connectivity index (χ1) is 5.26. The standard InChI is InChI=1S/C9H16O2/c1-3-5-8(4-2)9(11)6-7-10/h3-5,9-11H,6-7H2,1-2H3/b5-3-,8-4+/t9-/m0/s1. The molecule has 0 fully saturated rings. The van der Waals surface area contributed by atoms with Crippen LogP contribution in [0.1, 0.15) is 20.3 Å². The molecule has 2 nitrogen and oxygen atoms in total. The molecule has 0 saturated heterocycles. The van der Waals surface area contributed by atoms with Crippen LogP contribution in [0.2, 0.25) is 0 Å². The summed E-state index contributed by atoms with van der Waals surface area (Å²) in [5, 5.41) is 17.9. The average molecular weight is 156 g/mol. The Morgan fingerprint density at radius 2 is 2.09 bits per heavy atom. The van der Waals surface area contributed by atoms with Gasteiger partial charge in [-0.2, -0.15) is 0 Å². The summed E-state index contributed by atoms with van der Waals surface area (Å²) >= 11 is 0. The zero-order valence-corrected chi connectivity index (χ0v) is 7.12. The van der Waals surface area contributed by atoms with E-state index in [1.54, 1.807) is 0 Å². The van der Waals surface area contributed by atoms with Gasteiger partial charge in [-0.1, -0.05) is 18.2 Å². The maximum atomic E-state index is 9.36. The van der Waals surface area contributed by atoms with Crippen LogP contribution >= 0.6 is 0 Å². The lowest BCUT2D eigenvalue weighted by atomic mass is 10.1. The Balaban J connectivity index is 4.04. The predicted octanol–water partition coefficient (Wildman–Crippen LogP) is 1.25. The molecule has 0 aliphatic rings. The molecule has 0 radical (unpaired) electrons. The van der Waals surface area contributed by atoms with Crippen molar-refractivity contribution in [3.63, 3.8) is 0 Å². The van der Waals surface area contributed by atoms with E-state index in [1.807, 2.05) is 32.1 Å². The Morgan fingerprint density at radius 3 is 2.45 bits per heavy atom. The Hall–Kier alpha value is -0.600. The van der Waals surface area contributed by atoms with Gasteiger partial charge in [-0.3, -0.25) is 0 Å². The Bertz CT molecular complexity index is 148. The third-order valence-corrected chi connectivity index (χ3v) is 1.48. The number of aliphatic hydroxyl groups is 2. The topological polar surface area (TPSA) is 40.5 Å². The first-order valence-corrected chi connectivity index (χ1v) is 3.84. The molecule has 64 valence electrons. The van der Waals surface area contributed by atoms with Crippen LogP contribution in [0.3, 0.4) is 0 Å². The van der Waals surface area contributed by atoms with Crippen LogP contribution in [0.25, 0.3) is 0 Å². The lowest BCUT2D eigenvalue weighted by Gasteiger charge is -2.08. The van der Waals surface area contributed by atoms with E-state index in [0.717, 1.165) is 5.57 Å². The van der Waals surface area contributed by atoms with Crippen molar-refractivity contribution in [2.45, 2.75) is 26.4 Å².